The predicted octanol–water partition coefficient (Wildman–Crippen LogP) is 0.382. The molecule has 0 aliphatic rings. The zero-order chi connectivity index (χ0) is 14.0. The molecule has 0 atom stereocenters. The summed E-state index contributed by atoms with van der Waals surface area (Å²) >= 11 is 0. The Morgan fingerprint density at radius 2 is 1.95 bits per heavy atom. The molecule has 0 fully saturated rings. The lowest BCUT2D eigenvalue weighted by atomic mass is 10.2. The van der Waals surface area contributed by atoms with Gasteiger partial charge in [-0.25, -0.2) is 4.79 Å². The first-order valence-corrected chi connectivity index (χ1v) is 5.56. The molecule has 0 aliphatic carbocycles. The second-order valence-electron chi connectivity index (χ2n) is 4.01. The monoisotopic (exact) mass is 263 g/mol. The lowest BCUT2D eigenvalue weighted by molar-refractivity contribution is -0.143. The number of fused-ring (bicyclic) bond motifs is 1. The van der Waals surface area contributed by atoms with E-state index in [2.05, 4.69) is 14.7 Å². The highest BCUT2D eigenvalue weighted by molar-refractivity contribution is 6.03. The number of hydrogen-bond acceptors (Lipinski definition) is 4. The Balaban J connectivity index is 2.25. The minimum absolute atomic E-state index is 0.310. The number of anilines is 1. The summed E-state index contributed by atoms with van der Waals surface area (Å²) in [7, 11) is 2.78. The molecule has 0 radical (unpaired) electrons. The van der Waals surface area contributed by atoms with E-state index in [9.17, 15) is 14.4 Å². The van der Waals surface area contributed by atoms with Crippen LogP contribution in [0, 0.1) is 0 Å². The maximum Gasteiger partial charge on any atom is 0.323 e. The molecule has 1 aromatic heterocycles. The minimum atomic E-state index is -0.590. The Kier molecular flexibility index (Phi) is 3.37. The van der Waals surface area contributed by atoms with Crippen LogP contribution in [0.4, 0.5) is 5.69 Å². The SMILES string of the molecule is COC(=O)CC(=O)N(C)c1ccc2[nH]c(=O)[nH]c2c1. The van der Waals surface area contributed by atoms with E-state index in [1.165, 1.54) is 12.0 Å². The lowest BCUT2D eigenvalue weighted by Gasteiger charge is -2.16. The number of aromatic nitrogens is 2. The standard InChI is InChI=1S/C12H13N3O4/c1-15(10(16)6-11(17)19-2)7-3-4-8-9(5-7)14-12(18)13-8/h3-5H,6H2,1-2H3,(H2,13,14,18). The minimum Gasteiger partial charge on any atom is -0.469 e. The number of amides is 1. The van der Waals surface area contributed by atoms with E-state index in [-0.39, 0.29) is 18.0 Å². The van der Waals surface area contributed by atoms with Gasteiger partial charge in [0, 0.05) is 12.7 Å². The van der Waals surface area contributed by atoms with Crippen LogP contribution in [-0.2, 0) is 14.3 Å². The number of hydrogen-bond donors (Lipinski definition) is 2. The van der Waals surface area contributed by atoms with Crippen LogP contribution in [-0.4, -0.2) is 36.0 Å². The molecular weight excluding hydrogens is 250 g/mol. The highest BCUT2D eigenvalue weighted by atomic mass is 16.5. The molecule has 1 heterocycles. The topological polar surface area (TPSA) is 95.3 Å². The van der Waals surface area contributed by atoms with E-state index < -0.39 is 5.97 Å². The smallest absolute Gasteiger partial charge is 0.323 e. The summed E-state index contributed by atoms with van der Waals surface area (Å²) in [6.45, 7) is 0. The number of nitrogens with zero attached hydrogens (tertiary/aromatic N) is 1. The molecule has 0 saturated heterocycles. The Morgan fingerprint density at radius 1 is 1.26 bits per heavy atom. The summed E-state index contributed by atoms with van der Waals surface area (Å²) in [5.41, 5.74) is 1.52. The average Bonchev–Trinajstić information content (AvgIpc) is 2.76. The number of esters is 1. The second kappa shape index (κ2) is 4.97. The van der Waals surface area contributed by atoms with Crippen molar-refractivity contribution in [2.45, 2.75) is 6.42 Å². The third kappa shape index (κ3) is 2.65. The van der Waals surface area contributed by atoms with Gasteiger partial charge in [0.25, 0.3) is 0 Å². The van der Waals surface area contributed by atoms with Crippen LogP contribution < -0.4 is 10.6 Å². The number of methoxy groups -OCH3 is 1. The number of H-pyrrole nitrogens is 2. The molecule has 0 aliphatic heterocycles. The van der Waals surface area contributed by atoms with Crippen LogP contribution in [0.5, 0.6) is 0 Å². The molecule has 0 unspecified atom stereocenters. The van der Waals surface area contributed by atoms with Gasteiger partial charge in [-0.3, -0.25) is 9.59 Å². The molecule has 100 valence electrons. The molecular formula is C12H13N3O4. The fourth-order valence-corrected chi connectivity index (χ4v) is 1.69. The van der Waals surface area contributed by atoms with Gasteiger partial charge in [-0.05, 0) is 18.2 Å². The van der Waals surface area contributed by atoms with Crippen molar-refractivity contribution >= 4 is 28.6 Å². The highest BCUT2D eigenvalue weighted by Gasteiger charge is 2.16. The largest absolute Gasteiger partial charge is 0.469 e. The van der Waals surface area contributed by atoms with Crippen LogP contribution in [0.15, 0.2) is 23.0 Å². The van der Waals surface area contributed by atoms with Gasteiger partial charge in [0.15, 0.2) is 0 Å². The number of ether oxygens (including phenoxy) is 1. The first-order valence-electron chi connectivity index (χ1n) is 5.56. The molecule has 1 aromatic carbocycles. The number of carbonyl (C=O) groups is 2. The van der Waals surface area contributed by atoms with Crippen molar-refractivity contribution in [3.63, 3.8) is 0 Å². The molecule has 2 aromatic rings. The highest BCUT2D eigenvalue weighted by Crippen LogP contribution is 2.18. The third-order valence-electron chi connectivity index (χ3n) is 2.78. The van der Waals surface area contributed by atoms with Crippen molar-refractivity contribution < 1.29 is 14.3 Å². The first kappa shape index (κ1) is 12.9. The fraction of sp³-hybridized carbons (Fsp3) is 0.250. The zero-order valence-corrected chi connectivity index (χ0v) is 10.5. The van der Waals surface area contributed by atoms with Gasteiger partial charge in [-0.2, -0.15) is 0 Å². The third-order valence-corrected chi connectivity index (χ3v) is 2.78. The number of benzene rings is 1. The first-order chi connectivity index (χ1) is 9.01. The van der Waals surface area contributed by atoms with Gasteiger partial charge in [0.2, 0.25) is 5.91 Å². The van der Waals surface area contributed by atoms with Gasteiger partial charge in [-0.1, -0.05) is 0 Å². The summed E-state index contributed by atoms with van der Waals surface area (Å²) in [4.78, 5) is 40.5. The summed E-state index contributed by atoms with van der Waals surface area (Å²) in [5, 5.41) is 0. The quantitative estimate of drug-likeness (QED) is 0.618. The maximum atomic E-state index is 11.8. The number of rotatable bonds is 3. The van der Waals surface area contributed by atoms with Crippen molar-refractivity contribution in [2.24, 2.45) is 0 Å². The van der Waals surface area contributed by atoms with E-state index in [1.807, 2.05) is 0 Å². The van der Waals surface area contributed by atoms with E-state index in [4.69, 9.17) is 0 Å². The normalized spacial score (nSPS) is 10.4. The molecule has 0 spiro atoms. The Hall–Kier alpha value is -2.57. The summed E-state index contributed by atoms with van der Waals surface area (Å²) in [6, 6.07) is 5.02. The Morgan fingerprint density at radius 3 is 2.63 bits per heavy atom. The van der Waals surface area contributed by atoms with E-state index >= 15 is 0 Å². The van der Waals surface area contributed by atoms with Gasteiger partial charge in [0.1, 0.15) is 6.42 Å². The van der Waals surface area contributed by atoms with Gasteiger partial charge in [0.05, 0.1) is 18.1 Å². The van der Waals surface area contributed by atoms with Gasteiger partial charge >= 0.3 is 11.7 Å². The van der Waals surface area contributed by atoms with E-state index in [0.717, 1.165) is 0 Å². The molecule has 7 nitrogen and oxygen atoms in total. The average molecular weight is 263 g/mol. The van der Waals surface area contributed by atoms with Crippen molar-refractivity contribution in [3.8, 4) is 0 Å². The van der Waals surface area contributed by atoms with Crippen LogP contribution in [0.2, 0.25) is 0 Å². The summed E-state index contributed by atoms with van der Waals surface area (Å²) in [6.07, 6.45) is -0.325. The number of imidazole rings is 1. The van der Waals surface area contributed by atoms with Gasteiger partial charge in [-0.15, -0.1) is 0 Å². The zero-order valence-electron chi connectivity index (χ0n) is 10.5. The van der Waals surface area contributed by atoms with Crippen LogP contribution in [0.25, 0.3) is 11.0 Å². The van der Waals surface area contributed by atoms with Crippen molar-refractivity contribution in [3.05, 3.63) is 28.7 Å². The Bertz CT molecular complexity index is 686. The molecule has 1 amide bonds. The maximum absolute atomic E-state index is 11.8. The van der Waals surface area contributed by atoms with Crippen molar-refractivity contribution in [2.75, 3.05) is 19.1 Å². The van der Waals surface area contributed by atoms with Crippen molar-refractivity contribution in [1.29, 1.82) is 0 Å². The summed E-state index contributed by atoms with van der Waals surface area (Å²) in [5.74, 6) is -0.975. The second-order valence-corrected chi connectivity index (χ2v) is 4.01. The molecule has 7 heteroatoms. The molecule has 2 N–H and O–H groups in total. The van der Waals surface area contributed by atoms with Crippen LogP contribution in [0.1, 0.15) is 6.42 Å². The molecule has 0 bridgehead atoms. The van der Waals surface area contributed by atoms with E-state index in [1.54, 1.807) is 25.2 Å². The van der Waals surface area contributed by atoms with Gasteiger partial charge < -0.3 is 19.6 Å². The number of aromatic amines is 2. The number of carbonyl (C=O) groups excluding carboxylic acids is 2. The van der Waals surface area contributed by atoms with E-state index in [0.29, 0.717) is 16.7 Å². The van der Waals surface area contributed by atoms with Crippen molar-refractivity contribution in [1.82, 2.24) is 9.97 Å². The molecule has 0 saturated carbocycles. The Labute approximate surface area is 108 Å². The fourth-order valence-electron chi connectivity index (χ4n) is 1.69. The lowest BCUT2D eigenvalue weighted by Crippen LogP contribution is -2.28. The van der Waals surface area contributed by atoms with Crippen LogP contribution in [0.3, 0.4) is 0 Å². The number of nitrogens with one attached hydrogen (secondary N) is 2. The summed E-state index contributed by atoms with van der Waals surface area (Å²) < 4.78 is 4.44. The predicted molar refractivity (Wildman–Crippen MR) is 69.0 cm³/mol. The molecule has 19 heavy (non-hydrogen) atoms. The molecule has 2 rings (SSSR count). The van der Waals surface area contributed by atoms with Crippen LogP contribution >= 0.6 is 0 Å².